The predicted molar refractivity (Wildman–Crippen MR) is 121 cm³/mol. The van der Waals surface area contributed by atoms with E-state index in [0.29, 0.717) is 18.4 Å². The van der Waals surface area contributed by atoms with Crippen LogP contribution in [0, 0.1) is 5.92 Å². The number of carbonyl (C=O) groups is 1. The Labute approximate surface area is 188 Å². The van der Waals surface area contributed by atoms with Crippen molar-refractivity contribution in [2.75, 3.05) is 20.2 Å². The predicted octanol–water partition coefficient (Wildman–Crippen LogP) is 3.82. The summed E-state index contributed by atoms with van der Waals surface area (Å²) in [5, 5.41) is 4.38. The van der Waals surface area contributed by atoms with Gasteiger partial charge in [0.2, 0.25) is 5.91 Å². The fourth-order valence-corrected chi connectivity index (χ4v) is 6.37. The van der Waals surface area contributed by atoms with Crippen molar-refractivity contribution in [3.63, 3.8) is 0 Å². The number of benzene rings is 2. The van der Waals surface area contributed by atoms with Crippen LogP contribution < -0.4 is 4.74 Å². The Kier molecular flexibility index (Phi) is 4.57. The molecule has 0 saturated carbocycles. The molecule has 1 amide bonds. The van der Waals surface area contributed by atoms with Gasteiger partial charge in [-0.25, -0.2) is 4.68 Å². The summed E-state index contributed by atoms with van der Waals surface area (Å²) in [6.45, 7) is 2.43. The van der Waals surface area contributed by atoms with E-state index >= 15 is 0 Å². The molecule has 3 atom stereocenters. The summed E-state index contributed by atoms with van der Waals surface area (Å²) in [5.74, 6) is 1.52. The van der Waals surface area contributed by atoms with E-state index in [0.717, 1.165) is 49.4 Å². The molecule has 32 heavy (non-hydrogen) atoms. The molecular formula is C26H28N4O2. The van der Waals surface area contributed by atoms with E-state index in [-0.39, 0.29) is 11.6 Å². The third-order valence-electron chi connectivity index (χ3n) is 7.70. The second-order valence-electron chi connectivity index (χ2n) is 9.21. The highest BCUT2D eigenvalue weighted by atomic mass is 16.5. The maximum absolute atomic E-state index is 13.9. The van der Waals surface area contributed by atoms with Gasteiger partial charge in [0.1, 0.15) is 11.3 Å². The number of nitrogens with zero attached hydrogens (tertiary/aromatic N) is 4. The number of hydrogen-bond donors (Lipinski definition) is 0. The fraction of sp³-hybridized carbons (Fsp3) is 0.385. The maximum atomic E-state index is 13.9. The first-order valence-corrected chi connectivity index (χ1v) is 11.5. The summed E-state index contributed by atoms with van der Waals surface area (Å²) >= 11 is 0. The number of amides is 1. The van der Waals surface area contributed by atoms with Gasteiger partial charge in [0.05, 0.1) is 12.8 Å². The Hall–Kier alpha value is -3.12. The van der Waals surface area contributed by atoms with Crippen molar-refractivity contribution in [1.82, 2.24) is 19.6 Å². The summed E-state index contributed by atoms with van der Waals surface area (Å²) in [6.07, 6.45) is 6.85. The van der Waals surface area contributed by atoms with E-state index in [1.807, 2.05) is 35.1 Å². The van der Waals surface area contributed by atoms with Crippen molar-refractivity contribution in [2.24, 2.45) is 5.92 Å². The zero-order chi connectivity index (χ0) is 21.7. The SMILES string of the molecule is COc1ccccc1CN1C[C@@H]2C[C@@H](c3cccc(-n4cccn4)c3)N3CCC[C@@]23C1=O. The van der Waals surface area contributed by atoms with Gasteiger partial charge in [-0.15, -0.1) is 0 Å². The highest BCUT2D eigenvalue weighted by Gasteiger charge is 2.65. The monoisotopic (exact) mass is 428 g/mol. The molecule has 0 radical (unpaired) electrons. The van der Waals surface area contributed by atoms with Gasteiger partial charge in [0, 0.05) is 43.0 Å². The molecule has 3 aliphatic heterocycles. The van der Waals surface area contributed by atoms with Crippen molar-refractivity contribution in [1.29, 1.82) is 0 Å². The molecule has 0 bridgehead atoms. The topological polar surface area (TPSA) is 50.6 Å². The van der Waals surface area contributed by atoms with Crippen LogP contribution in [0.4, 0.5) is 0 Å². The van der Waals surface area contributed by atoms with Gasteiger partial charge in [0.25, 0.3) is 0 Å². The van der Waals surface area contributed by atoms with Gasteiger partial charge < -0.3 is 9.64 Å². The van der Waals surface area contributed by atoms with Crippen LogP contribution in [0.1, 0.15) is 36.4 Å². The molecular weight excluding hydrogens is 400 g/mol. The van der Waals surface area contributed by atoms with Crippen molar-refractivity contribution >= 4 is 5.91 Å². The molecule has 6 heteroatoms. The van der Waals surface area contributed by atoms with E-state index in [1.165, 1.54) is 5.56 Å². The number of carbonyl (C=O) groups excluding carboxylic acids is 1. The molecule has 1 aromatic heterocycles. The minimum absolute atomic E-state index is 0.287. The summed E-state index contributed by atoms with van der Waals surface area (Å²) < 4.78 is 7.43. The summed E-state index contributed by atoms with van der Waals surface area (Å²) in [6, 6.07) is 18.9. The first-order valence-electron chi connectivity index (χ1n) is 11.5. The second kappa shape index (κ2) is 7.48. The minimum Gasteiger partial charge on any atom is -0.496 e. The van der Waals surface area contributed by atoms with Crippen molar-refractivity contribution in [2.45, 2.75) is 37.4 Å². The number of rotatable bonds is 5. The molecule has 164 valence electrons. The van der Waals surface area contributed by atoms with E-state index in [2.05, 4.69) is 45.2 Å². The standard InChI is InChI=1S/C26H28N4O2/c1-32-24-10-3-2-7-20(24)17-28-18-21-16-23(29-13-5-11-26(21,29)25(28)31)19-8-4-9-22(15-19)30-14-6-12-27-30/h2-4,6-10,12,14-15,21,23H,5,11,13,16-18H2,1H3/t21-,23-,26-/m0/s1. The Morgan fingerprint density at radius 2 is 2.06 bits per heavy atom. The number of para-hydroxylation sites is 1. The molecule has 0 aliphatic carbocycles. The lowest BCUT2D eigenvalue weighted by atomic mass is 9.85. The Morgan fingerprint density at radius 3 is 2.91 bits per heavy atom. The summed E-state index contributed by atoms with van der Waals surface area (Å²) in [7, 11) is 1.69. The average Bonchev–Trinajstić information content (AvgIpc) is 3.59. The van der Waals surface area contributed by atoms with Crippen LogP contribution in [0.5, 0.6) is 5.75 Å². The third-order valence-corrected chi connectivity index (χ3v) is 7.70. The van der Waals surface area contributed by atoms with Crippen LogP contribution in [0.15, 0.2) is 67.0 Å². The van der Waals surface area contributed by atoms with Crippen LogP contribution in [-0.2, 0) is 11.3 Å². The average molecular weight is 429 g/mol. The van der Waals surface area contributed by atoms with Crippen LogP contribution in [0.25, 0.3) is 5.69 Å². The molecule has 0 unspecified atom stereocenters. The van der Waals surface area contributed by atoms with E-state index < -0.39 is 0 Å². The number of hydrogen-bond acceptors (Lipinski definition) is 4. The Morgan fingerprint density at radius 1 is 1.16 bits per heavy atom. The molecule has 3 fully saturated rings. The largest absolute Gasteiger partial charge is 0.496 e. The van der Waals surface area contributed by atoms with E-state index in [9.17, 15) is 4.79 Å². The normalized spacial score (nSPS) is 27.0. The van der Waals surface area contributed by atoms with Gasteiger partial charge >= 0.3 is 0 Å². The highest BCUT2D eigenvalue weighted by Crippen LogP contribution is 2.56. The Bertz CT molecular complexity index is 1140. The first-order chi connectivity index (χ1) is 15.7. The number of aromatic nitrogens is 2. The zero-order valence-corrected chi connectivity index (χ0v) is 18.4. The van der Waals surface area contributed by atoms with Crippen LogP contribution in [-0.4, -0.2) is 51.2 Å². The van der Waals surface area contributed by atoms with Gasteiger partial charge in [-0.1, -0.05) is 30.3 Å². The molecule has 2 aromatic carbocycles. The molecule has 6 nitrogen and oxygen atoms in total. The van der Waals surface area contributed by atoms with Crippen molar-refractivity contribution in [3.05, 3.63) is 78.1 Å². The van der Waals surface area contributed by atoms with Gasteiger partial charge in [-0.05, 0) is 55.6 Å². The molecule has 4 heterocycles. The quantitative estimate of drug-likeness (QED) is 0.620. The summed E-state index contributed by atoms with van der Waals surface area (Å²) in [4.78, 5) is 18.4. The maximum Gasteiger partial charge on any atom is 0.243 e. The molecule has 3 saturated heterocycles. The molecule has 6 rings (SSSR count). The lowest BCUT2D eigenvalue weighted by molar-refractivity contribution is -0.137. The zero-order valence-electron chi connectivity index (χ0n) is 18.4. The smallest absolute Gasteiger partial charge is 0.243 e. The van der Waals surface area contributed by atoms with E-state index in [1.54, 1.807) is 13.3 Å². The van der Waals surface area contributed by atoms with Crippen molar-refractivity contribution < 1.29 is 9.53 Å². The summed E-state index contributed by atoms with van der Waals surface area (Å²) in [5.41, 5.74) is 3.10. The van der Waals surface area contributed by atoms with Crippen LogP contribution >= 0.6 is 0 Å². The molecule has 3 aliphatic rings. The second-order valence-corrected chi connectivity index (χ2v) is 9.21. The van der Waals surface area contributed by atoms with Crippen LogP contribution in [0.3, 0.4) is 0 Å². The number of methoxy groups -OCH3 is 1. The lowest BCUT2D eigenvalue weighted by Crippen LogP contribution is -2.49. The lowest BCUT2D eigenvalue weighted by Gasteiger charge is -2.34. The fourth-order valence-electron chi connectivity index (χ4n) is 6.37. The molecule has 0 N–H and O–H groups in total. The van der Waals surface area contributed by atoms with Crippen molar-refractivity contribution in [3.8, 4) is 11.4 Å². The van der Waals surface area contributed by atoms with Crippen LogP contribution in [0.2, 0.25) is 0 Å². The molecule has 1 spiro atoms. The van der Waals surface area contributed by atoms with E-state index in [4.69, 9.17) is 4.74 Å². The number of likely N-dealkylation sites (tertiary alicyclic amines) is 1. The highest BCUT2D eigenvalue weighted by molar-refractivity contribution is 5.90. The minimum atomic E-state index is -0.339. The van der Waals surface area contributed by atoms with Gasteiger partial charge in [-0.2, -0.15) is 5.10 Å². The number of ether oxygens (including phenoxy) is 1. The first kappa shape index (κ1) is 19.6. The third kappa shape index (κ3) is 2.82. The Balaban J connectivity index is 1.28. The molecule has 3 aromatic rings. The van der Waals surface area contributed by atoms with Gasteiger partial charge in [-0.3, -0.25) is 9.69 Å². The van der Waals surface area contributed by atoms with Gasteiger partial charge in [0.15, 0.2) is 0 Å².